The van der Waals surface area contributed by atoms with Gasteiger partial charge in [-0.25, -0.2) is 14.4 Å². The van der Waals surface area contributed by atoms with Gasteiger partial charge in [0.05, 0.1) is 32.2 Å². The molecule has 9 heteroatoms. The number of fused-ring (bicyclic) bond motifs is 2. The third-order valence-electron chi connectivity index (χ3n) is 5.81. The van der Waals surface area contributed by atoms with Gasteiger partial charge in [0, 0.05) is 28.8 Å². The zero-order chi connectivity index (χ0) is 24.0. The Morgan fingerprint density at radius 2 is 1.88 bits per heavy atom. The molecule has 170 valence electrons. The standard InChI is InChI=1S/C25H19ClFN5OS/c1-12-3-5-14(20(27)19(12)26)9-18-15-6-4-13(2)21(16(15)7-8-29-18)32-25(33)17-10-34-23-22(17)30-11-31-24(23)28/h3-8,10-11H,9H2,1-2H3,(H,32,33)(H2,28,30,31). The van der Waals surface area contributed by atoms with Crippen molar-refractivity contribution in [2.24, 2.45) is 0 Å². The average Bonchev–Trinajstić information content (AvgIpc) is 3.27. The predicted octanol–water partition coefficient (Wildman–Crippen LogP) is 6.07. The smallest absolute Gasteiger partial charge is 0.258 e. The fourth-order valence-electron chi connectivity index (χ4n) is 3.95. The number of nitrogens with two attached hydrogens (primary N) is 1. The van der Waals surface area contributed by atoms with Crippen LogP contribution in [0.1, 0.15) is 32.7 Å². The van der Waals surface area contributed by atoms with E-state index in [9.17, 15) is 9.18 Å². The van der Waals surface area contributed by atoms with Gasteiger partial charge in [0.25, 0.3) is 5.91 Å². The second-order valence-corrected chi connectivity index (χ2v) is 9.25. The number of thiophene rings is 1. The van der Waals surface area contributed by atoms with E-state index in [-0.39, 0.29) is 17.4 Å². The molecule has 5 aromatic rings. The Labute approximate surface area is 203 Å². The van der Waals surface area contributed by atoms with Crippen molar-refractivity contribution in [2.45, 2.75) is 20.3 Å². The Kier molecular flexibility index (Phi) is 5.63. The number of aromatic nitrogens is 3. The second-order valence-electron chi connectivity index (χ2n) is 8.00. The van der Waals surface area contributed by atoms with E-state index in [4.69, 9.17) is 17.3 Å². The summed E-state index contributed by atoms with van der Waals surface area (Å²) >= 11 is 7.44. The molecule has 0 fully saturated rings. The molecule has 6 nitrogen and oxygen atoms in total. The first-order valence-electron chi connectivity index (χ1n) is 10.4. The zero-order valence-electron chi connectivity index (χ0n) is 18.3. The first-order chi connectivity index (χ1) is 16.3. The highest BCUT2D eigenvalue weighted by Crippen LogP contribution is 2.33. The number of nitrogen functional groups attached to an aromatic ring is 1. The number of carbonyl (C=O) groups excluding carboxylic acids is 1. The van der Waals surface area contributed by atoms with Crippen molar-refractivity contribution in [2.75, 3.05) is 11.1 Å². The number of benzene rings is 2. The fourth-order valence-corrected chi connectivity index (χ4v) is 5.03. The molecule has 0 radical (unpaired) electrons. The van der Waals surface area contributed by atoms with E-state index in [1.807, 2.05) is 25.1 Å². The number of carbonyl (C=O) groups is 1. The van der Waals surface area contributed by atoms with Crippen molar-refractivity contribution in [3.63, 3.8) is 0 Å². The van der Waals surface area contributed by atoms with Crippen molar-refractivity contribution in [3.8, 4) is 0 Å². The van der Waals surface area contributed by atoms with Crippen molar-refractivity contribution >= 4 is 61.3 Å². The second kappa shape index (κ2) is 8.62. The van der Waals surface area contributed by atoms with Crippen LogP contribution in [-0.2, 0) is 6.42 Å². The van der Waals surface area contributed by atoms with Crippen molar-refractivity contribution in [1.29, 1.82) is 0 Å². The van der Waals surface area contributed by atoms with E-state index >= 15 is 0 Å². The molecule has 3 heterocycles. The van der Waals surface area contributed by atoms with Crippen LogP contribution in [-0.4, -0.2) is 20.9 Å². The highest BCUT2D eigenvalue weighted by atomic mass is 35.5. The van der Waals surface area contributed by atoms with Gasteiger partial charge in [-0.15, -0.1) is 11.3 Å². The number of nitrogens with one attached hydrogen (secondary N) is 1. The normalized spacial score (nSPS) is 11.3. The number of halogens is 2. The third-order valence-corrected chi connectivity index (χ3v) is 7.27. The van der Waals surface area contributed by atoms with Gasteiger partial charge in [0.1, 0.15) is 18.0 Å². The number of hydrogen-bond acceptors (Lipinski definition) is 6. The van der Waals surface area contributed by atoms with Crippen LogP contribution >= 0.6 is 22.9 Å². The van der Waals surface area contributed by atoms with Crippen LogP contribution in [0.2, 0.25) is 5.02 Å². The quantitative estimate of drug-likeness (QED) is 0.318. The van der Waals surface area contributed by atoms with Gasteiger partial charge in [-0.1, -0.05) is 35.9 Å². The zero-order valence-corrected chi connectivity index (χ0v) is 19.9. The molecular weight excluding hydrogens is 473 g/mol. The molecule has 34 heavy (non-hydrogen) atoms. The molecular formula is C25H19ClFN5OS. The molecule has 3 aromatic heterocycles. The Morgan fingerprint density at radius 1 is 1.09 bits per heavy atom. The van der Waals surface area contributed by atoms with E-state index < -0.39 is 5.82 Å². The lowest BCUT2D eigenvalue weighted by molar-refractivity contribution is 0.102. The molecule has 0 spiro atoms. The van der Waals surface area contributed by atoms with E-state index in [1.54, 1.807) is 30.6 Å². The first-order valence-corrected chi connectivity index (χ1v) is 11.7. The largest absolute Gasteiger partial charge is 0.382 e. The molecule has 0 saturated carbocycles. The molecule has 5 rings (SSSR count). The maximum atomic E-state index is 14.7. The van der Waals surface area contributed by atoms with Gasteiger partial charge in [-0.2, -0.15) is 0 Å². The summed E-state index contributed by atoms with van der Waals surface area (Å²) in [5.41, 5.74) is 10.2. The molecule has 0 aliphatic heterocycles. The number of nitrogens with zero attached hydrogens (tertiary/aromatic N) is 3. The summed E-state index contributed by atoms with van der Waals surface area (Å²) in [5, 5.41) is 6.51. The van der Waals surface area contributed by atoms with Crippen LogP contribution < -0.4 is 11.1 Å². The summed E-state index contributed by atoms with van der Waals surface area (Å²) < 4.78 is 15.4. The van der Waals surface area contributed by atoms with Crippen molar-refractivity contribution in [1.82, 2.24) is 15.0 Å². The van der Waals surface area contributed by atoms with Crippen LogP contribution in [0.4, 0.5) is 15.9 Å². The topological polar surface area (TPSA) is 93.8 Å². The van der Waals surface area contributed by atoms with Crippen LogP contribution in [0, 0.1) is 19.7 Å². The molecule has 0 atom stereocenters. The van der Waals surface area contributed by atoms with Crippen molar-refractivity contribution < 1.29 is 9.18 Å². The molecule has 0 saturated heterocycles. The summed E-state index contributed by atoms with van der Waals surface area (Å²) in [6, 6.07) is 9.20. The molecule has 2 aromatic carbocycles. The number of anilines is 2. The lowest BCUT2D eigenvalue weighted by Crippen LogP contribution is -2.13. The Balaban J connectivity index is 1.55. The van der Waals surface area contributed by atoms with Crippen LogP contribution in [0.5, 0.6) is 0 Å². The first kappa shape index (κ1) is 22.2. The van der Waals surface area contributed by atoms with E-state index in [2.05, 4.69) is 20.3 Å². The lowest BCUT2D eigenvalue weighted by atomic mass is 9.99. The molecule has 0 aliphatic rings. The van der Waals surface area contributed by atoms with Gasteiger partial charge >= 0.3 is 0 Å². The third kappa shape index (κ3) is 3.74. The highest BCUT2D eigenvalue weighted by Gasteiger charge is 2.19. The molecule has 0 bridgehead atoms. The van der Waals surface area contributed by atoms with Gasteiger partial charge in [-0.05, 0) is 36.6 Å². The summed E-state index contributed by atoms with van der Waals surface area (Å²) in [6.07, 6.45) is 3.28. The Morgan fingerprint density at radius 3 is 2.71 bits per heavy atom. The SMILES string of the molecule is Cc1ccc(Cc2nccc3c(NC(=O)c4csc5c(N)ncnc45)c(C)ccc23)c(F)c1Cl. The molecule has 0 unspecified atom stereocenters. The summed E-state index contributed by atoms with van der Waals surface area (Å²) in [5.74, 6) is -0.393. The fraction of sp³-hybridized carbons (Fsp3) is 0.120. The minimum atomic E-state index is -0.438. The molecule has 1 amide bonds. The van der Waals surface area contributed by atoms with Crippen LogP contribution in [0.15, 0.2) is 48.2 Å². The van der Waals surface area contributed by atoms with Crippen molar-refractivity contribution in [3.05, 3.63) is 87.0 Å². The minimum Gasteiger partial charge on any atom is -0.382 e. The van der Waals surface area contributed by atoms with Gasteiger partial charge in [0.15, 0.2) is 0 Å². The van der Waals surface area contributed by atoms with E-state index in [0.717, 1.165) is 16.3 Å². The number of amides is 1. The monoisotopic (exact) mass is 491 g/mol. The minimum absolute atomic E-state index is 0.119. The van der Waals surface area contributed by atoms with E-state index in [0.29, 0.717) is 44.1 Å². The number of hydrogen-bond donors (Lipinski definition) is 2. The summed E-state index contributed by atoms with van der Waals surface area (Å²) in [6.45, 7) is 3.68. The maximum absolute atomic E-state index is 14.7. The van der Waals surface area contributed by atoms with Gasteiger partial charge in [-0.3, -0.25) is 9.78 Å². The highest BCUT2D eigenvalue weighted by molar-refractivity contribution is 7.18. The average molecular weight is 492 g/mol. The maximum Gasteiger partial charge on any atom is 0.258 e. The summed E-state index contributed by atoms with van der Waals surface area (Å²) in [4.78, 5) is 25.9. The van der Waals surface area contributed by atoms with Crippen LogP contribution in [0.3, 0.4) is 0 Å². The van der Waals surface area contributed by atoms with E-state index in [1.165, 1.54) is 17.7 Å². The molecule has 3 N–H and O–H groups in total. The Bertz CT molecular complexity index is 1600. The van der Waals surface area contributed by atoms with Crippen LogP contribution in [0.25, 0.3) is 21.0 Å². The number of rotatable bonds is 4. The number of pyridine rings is 1. The Hall–Kier alpha value is -3.62. The van der Waals surface area contributed by atoms with Gasteiger partial charge in [0.2, 0.25) is 0 Å². The predicted molar refractivity (Wildman–Crippen MR) is 135 cm³/mol. The summed E-state index contributed by atoms with van der Waals surface area (Å²) in [7, 11) is 0. The van der Waals surface area contributed by atoms with Gasteiger partial charge < -0.3 is 11.1 Å². The molecule has 0 aliphatic carbocycles. The lowest BCUT2D eigenvalue weighted by Gasteiger charge is -2.14. The number of aryl methyl sites for hydroxylation is 2.